The third kappa shape index (κ3) is 3.78. The molecule has 0 N–H and O–H groups in total. The molecule has 0 saturated heterocycles. The Kier molecular flexibility index (Phi) is 4.72. The minimum Gasteiger partial charge on any atom is -0.341 e. The van der Waals surface area contributed by atoms with Gasteiger partial charge < -0.3 is 4.90 Å². The zero-order valence-corrected chi connectivity index (χ0v) is 13.4. The maximum Gasteiger partial charge on any atom is 0.222 e. The van der Waals surface area contributed by atoms with E-state index < -0.39 is 0 Å². The lowest BCUT2D eigenvalue weighted by Crippen LogP contribution is -2.26. The Morgan fingerprint density at radius 1 is 0.870 bits per heavy atom. The predicted octanol–water partition coefficient (Wildman–Crippen LogP) is 4.43. The average Bonchev–Trinajstić information content (AvgIpc) is 2.60. The highest BCUT2D eigenvalue weighted by Crippen LogP contribution is 2.20. The molecule has 0 aliphatic rings. The zero-order chi connectivity index (χ0) is 16.1. The van der Waals surface area contributed by atoms with E-state index in [0.29, 0.717) is 13.0 Å². The predicted molar refractivity (Wildman–Crippen MR) is 95.2 cm³/mol. The van der Waals surface area contributed by atoms with Crippen LogP contribution in [0, 0.1) is 0 Å². The second kappa shape index (κ2) is 7.10. The summed E-state index contributed by atoms with van der Waals surface area (Å²) >= 11 is 0. The lowest BCUT2D eigenvalue weighted by atomic mass is 10.0. The molecule has 0 atom stereocenters. The summed E-state index contributed by atoms with van der Waals surface area (Å²) in [4.78, 5) is 14.2. The fourth-order valence-corrected chi connectivity index (χ4v) is 2.89. The van der Waals surface area contributed by atoms with Gasteiger partial charge in [0, 0.05) is 20.0 Å². The molecule has 23 heavy (non-hydrogen) atoms. The Hall–Kier alpha value is -2.61. The second-order valence-corrected chi connectivity index (χ2v) is 5.87. The summed E-state index contributed by atoms with van der Waals surface area (Å²) in [5, 5.41) is 2.48. The molecule has 0 aliphatic heterocycles. The molecule has 0 bridgehead atoms. The normalized spacial score (nSPS) is 10.7. The molecule has 2 nitrogen and oxygen atoms in total. The highest BCUT2D eigenvalue weighted by Gasteiger charge is 2.10. The van der Waals surface area contributed by atoms with Crippen molar-refractivity contribution in [3.05, 3.63) is 83.9 Å². The van der Waals surface area contributed by atoms with Gasteiger partial charge in [0.15, 0.2) is 0 Å². The van der Waals surface area contributed by atoms with E-state index in [1.165, 1.54) is 16.3 Å². The van der Waals surface area contributed by atoms with E-state index in [1.54, 1.807) is 4.90 Å². The molecule has 0 fully saturated rings. The summed E-state index contributed by atoms with van der Waals surface area (Å²) in [7, 11) is 1.87. The van der Waals surface area contributed by atoms with E-state index >= 15 is 0 Å². The Bertz CT molecular complexity index is 790. The third-order valence-electron chi connectivity index (χ3n) is 4.18. The molecule has 0 unspecified atom stereocenters. The fourth-order valence-electron chi connectivity index (χ4n) is 2.89. The first-order valence-electron chi connectivity index (χ1n) is 7.98. The summed E-state index contributed by atoms with van der Waals surface area (Å²) in [6.45, 7) is 0.662. The summed E-state index contributed by atoms with van der Waals surface area (Å²) in [6, 6.07) is 24.7. The number of hydrogen-bond donors (Lipinski definition) is 0. The molecule has 3 rings (SSSR count). The molecule has 0 radical (unpaired) electrons. The number of rotatable bonds is 5. The van der Waals surface area contributed by atoms with Crippen molar-refractivity contribution in [1.82, 2.24) is 4.90 Å². The number of carbonyl (C=O) groups is 1. The quantitative estimate of drug-likeness (QED) is 0.683. The van der Waals surface area contributed by atoms with Crippen LogP contribution >= 0.6 is 0 Å². The molecule has 1 amide bonds. The van der Waals surface area contributed by atoms with Crippen molar-refractivity contribution in [3.63, 3.8) is 0 Å². The minimum absolute atomic E-state index is 0.182. The van der Waals surface area contributed by atoms with E-state index in [-0.39, 0.29) is 5.91 Å². The van der Waals surface area contributed by atoms with Crippen LogP contribution in [0.4, 0.5) is 0 Å². The number of carbonyl (C=O) groups excluding carboxylic acids is 1. The van der Waals surface area contributed by atoms with Crippen LogP contribution in [0.15, 0.2) is 72.8 Å². The summed E-state index contributed by atoms with van der Waals surface area (Å²) in [5.41, 5.74) is 2.40. The van der Waals surface area contributed by atoms with Gasteiger partial charge in [-0.05, 0) is 28.3 Å². The highest BCUT2D eigenvalue weighted by atomic mass is 16.2. The minimum atomic E-state index is 0.182. The second-order valence-electron chi connectivity index (χ2n) is 5.87. The molecule has 116 valence electrons. The van der Waals surface area contributed by atoms with Crippen LogP contribution in [0.1, 0.15) is 17.5 Å². The van der Waals surface area contributed by atoms with Gasteiger partial charge in [0.25, 0.3) is 0 Å². The summed E-state index contributed by atoms with van der Waals surface area (Å²) in [6.07, 6.45) is 1.32. The molecule has 0 heterocycles. The lowest BCUT2D eigenvalue weighted by molar-refractivity contribution is -0.130. The van der Waals surface area contributed by atoms with Crippen molar-refractivity contribution < 1.29 is 4.79 Å². The van der Waals surface area contributed by atoms with Crippen LogP contribution in [-0.2, 0) is 17.8 Å². The Morgan fingerprint density at radius 3 is 2.39 bits per heavy atom. The van der Waals surface area contributed by atoms with Gasteiger partial charge in [-0.25, -0.2) is 0 Å². The van der Waals surface area contributed by atoms with Gasteiger partial charge in [0.05, 0.1) is 0 Å². The van der Waals surface area contributed by atoms with E-state index in [2.05, 4.69) is 48.5 Å². The van der Waals surface area contributed by atoms with E-state index in [0.717, 1.165) is 12.0 Å². The van der Waals surface area contributed by atoms with Crippen molar-refractivity contribution in [2.24, 2.45) is 0 Å². The van der Waals surface area contributed by atoms with Crippen molar-refractivity contribution in [1.29, 1.82) is 0 Å². The lowest BCUT2D eigenvalue weighted by Gasteiger charge is -2.17. The van der Waals surface area contributed by atoms with Crippen LogP contribution in [0.5, 0.6) is 0 Å². The molecule has 2 heteroatoms. The topological polar surface area (TPSA) is 20.3 Å². The number of amides is 1. The monoisotopic (exact) mass is 303 g/mol. The van der Waals surface area contributed by atoms with Gasteiger partial charge in [0.2, 0.25) is 5.91 Å². The summed E-state index contributed by atoms with van der Waals surface area (Å²) < 4.78 is 0. The average molecular weight is 303 g/mol. The van der Waals surface area contributed by atoms with Gasteiger partial charge in [-0.3, -0.25) is 4.79 Å². The molecule has 3 aromatic rings. The fraction of sp³-hybridized carbons (Fsp3) is 0.190. The van der Waals surface area contributed by atoms with Crippen molar-refractivity contribution >= 4 is 16.7 Å². The standard InChI is InChI=1S/C21H21NO/c1-22(16-17-8-3-2-4-9-17)21(23)15-14-19-12-7-11-18-10-5-6-13-20(18)19/h2-13H,14-16H2,1H3. The van der Waals surface area contributed by atoms with Crippen LogP contribution in [-0.4, -0.2) is 17.9 Å². The van der Waals surface area contributed by atoms with Crippen molar-refractivity contribution in [2.45, 2.75) is 19.4 Å². The number of fused-ring (bicyclic) bond motifs is 1. The maximum atomic E-state index is 12.4. The first-order valence-corrected chi connectivity index (χ1v) is 7.98. The maximum absolute atomic E-state index is 12.4. The van der Waals surface area contributed by atoms with Gasteiger partial charge in [0.1, 0.15) is 0 Å². The largest absolute Gasteiger partial charge is 0.341 e. The number of benzene rings is 3. The molecular formula is C21H21NO. The molecular weight excluding hydrogens is 282 g/mol. The van der Waals surface area contributed by atoms with Gasteiger partial charge in [-0.2, -0.15) is 0 Å². The zero-order valence-electron chi connectivity index (χ0n) is 13.4. The molecule has 0 saturated carbocycles. The molecule has 0 aliphatic carbocycles. The van der Waals surface area contributed by atoms with Gasteiger partial charge in [-0.15, -0.1) is 0 Å². The van der Waals surface area contributed by atoms with Crippen LogP contribution in [0.2, 0.25) is 0 Å². The Labute approximate surface area is 137 Å². The van der Waals surface area contributed by atoms with Gasteiger partial charge in [-0.1, -0.05) is 72.8 Å². The third-order valence-corrected chi connectivity index (χ3v) is 4.18. The SMILES string of the molecule is CN(Cc1ccccc1)C(=O)CCc1cccc2ccccc12. The van der Waals surface area contributed by atoms with Crippen molar-refractivity contribution in [2.75, 3.05) is 7.05 Å². The van der Waals surface area contributed by atoms with E-state index in [9.17, 15) is 4.79 Å². The number of hydrogen-bond acceptors (Lipinski definition) is 1. The molecule has 3 aromatic carbocycles. The molecule has 0 spiro atoms. The number of nitrogens with zero attached hydrogens (tertiary/aromatic N) is 1. The molecule has 0 aromatic heterocycles. The van der Waals surface area contributed by atoms with E-state index in [1.807, 2.05) is 31.3 Å². The van der Waals surface area contributed by atoms with Crippen LogP contribution in [0.3, 0.4) is 0 Å². The Morgan fingerprint density at radius 2 is 1.57 bits per heavy atom. The Balaban J connectivity index is 1.64. The first kappa shape index (κ1) is 15.3. The first-order chi connectivity index (χ1) is 11.2. The summed E-state index contributed by atoms with van der Waals surface area (Å²) in [5.74, 6) is 0.182. The van der Waals surface area contributed by atoms with Crippen LogP contribution < -0.4 is 0 Å². The highest BCUT2D eigenvalue weighted by molar-refractivity contribution is 5.86. The van der Waals surface area contributed by atoms with Crippen molar-refractivity contribution in [3.8, 4) is 0 Å². The number of aryl methyl sites for hydroxylation is 1. The van der Waals surface area contributed by atoms with Gasteiger partial charge >= 0.3 is 0 Å². The van der Waals surface area contributed by atoms with Crippen LogP contribution in [0.25, 0.3) is 10.8 Å². The van der Waals surface area contributed by atoms with E-state index in [4.69, 9.17) is 0 Å². The smallest absolute Gasteiger partial charge is 0.222 e.